The molecule has 0 unspecified atom stereocenters. The summed E-state index contributed by atoms with van der Waals surface area (Å²) < 4.78 is 0. The van der Waals surface area contributed by atoms with Gasteiger partial charge in [-0.05, 0) is 48.8 Å². The average Bonchev–Trinajstić information content (AvgIpc) is 3.02. The smallest absolute Gasteiger partial charge is 0.334 e. The van der Waals surface area contributed by atoms with Gasteiger partial charge >= 0.3 is 5.97 Å². The van der Waals surface area contributed by atoms with Crippen molar-refractivity contribution in [3.8, 4) is 0 Å². The zero-order valence-electron chi connectivity index (χ0n) is 24.4. The van der Waals surface area contributed by atoms with Crippen molar-refractivity contribution >= 4 is 5.97 Å². The first kappa shape index (κ1) is 31.0. The molecule has 0 amide bonds. The molecule has 5 rings (SSSR count). The monoisotopic (exact) mass is 556 g/mol. The van der Waals surface area contributed by atoms with Crippen molar-refractivity contribution in [3.05, 3.63) is 108 Å². The van der Waals surface area contributed by atoms with Crippen molar-refractivity contribution < 1.29 is 15.0 Å². The Hall–Kier alpha value is -2.99. The molecular weight excluding hydrogens is 508 g/mol. The number of rotatable bonds is 11. The normalized spacial score (nSPS) is 17.8. The van der Waals surface area contributed by atoms with Crippen molar-refractivity contribution in [3.63, 3.8) is 0 Å². The van der Waals surface area contributed by atoms with Gasteiger partial charge in [0, 0.05) is 25.2 Å². The van der Waals surface area contributed by atoms with E-state index in [2.05, 4.69) is 10.2 Å². The van der Waals surface area contributed by atoms with E-state index in [0.29, 0.717) is 19.5 Å². The summed E-state index contributed by atoms with van der Waals surface area (Å²) >= 11 is 0. The van der Waals surface area contributed by atoms with E-state index in [9.17, 15) is 15.0 Å². The van der Waals surface area contributed by atoms with Gasteiger partial charge in [-0.2, -0.15) is 0 Å². The van der Waals surface area contributed by atoms with Crippen molar-refractivity contribution in [2.75, 3.05) is 0 Å². The Kier molecular flexibility index (Phi) is 12.9. The minimum absolute atomic E-state index is 0.452. The van der Waals surface area contributed by atoms with Crippen LogP contribution in [0.2, 0.25) is 0 Å². The summed E-state index contributed by atoms with van der Waals surface area (Å²) in [5.41, 5.74) is 3.15. The molecule has 2 aliphatic rings. The molecule has 0 spiro atoms. The van der Waals surface area contributed by atoms with Gasteiger partial charge in [0.15, 0.2) is 6.10 Å². The molecule has 3 N–H and O–H groups in total. The minimum atomic E-state index is -1.48. The van der Waals surface area contributed by atoms with Crippen LogP contribution in [0.4, 0.5) is 0 Å². The predicted octanol–water partition coefficient (Wildman–Crippen LogP) is 6.99. The van der Waals surface area contributed by atoms with Gasteiger partial charge in [0.05, 0.1) is 6.04 Å². The minimum Gasteiger partial charge on any atom is -0.479 e. The number of carbonyl (C=O) groups is 1. The number of aliphatic hydroxyl groups excluding tert-OH is 1. The SMILES string of the molecule is C1CCC(NC2CCCCC2)CC1.O=C(O)[C@@H](O)[C@H](Cc1ccccc1)N(Cc1ccccc1)Cc1ccccc1. The maximum Gasteiger partial charge on any atom is 0.334 e. The van der Waals surface area contributed by atoms with E-state index in [1.54, 1.807) is 0 Å². The number of aliphatic carboxylic acids is 1. The van der Waals surface area contributed by atoms with E-state index in [0.717, 1.165) is 28.8 Å². The first-order valence-corrected chi connectivity index (χ1v) is 15.6. The van der Waals surface area contributed by atoms with E-state index in [-0.39, 0.29) is 0 Å². The average molecular weight is 557 g/mol. The number of aliphatic hydroxyl groups is 1. The standard InChI is InChI=1S/C24H25NO3.C12H23N/c26-23(24(27)28)22(16-19-10-4-1-5-11-19)25(17-20-12-6-2-7-13-20)18-21-14-8-3-9-15-21;1-3-7-11(8-4-1)13-12-9-5-2-6-10-12/h1-15,22-23,26H,16-18H2,(H,27,28);11-13H,1-10H2/t22-,23-;/m0./s1. The van der Waals surface area contributed by atoms with Crippen molar-refractivity contribution in [2.24, 2.45) is 0 Å². The summed E-state index contributed by atoms with van der Waals surface area (Å²) in [6, 6.07) is 30.8. The molecule has 0 aromatic heterocycles. The number of benzene rings is 3. The van der Waals surface area contributed by atoms with Gasteiger partial charge < -0.3 is 15.5 Å². The molecule has 3 aromatic rings. The number of hydrogen-bond acceptors (Lipinski definition) is 4. The van der Waals surface area contributed by atoms with Crippen LogP contribution in [-0.2, 0) is 24.3 Å². The fourth-order valence-electron chi connectivity index (χ4n) is 6.26. The molecule has 41 heavy (non-hydrogen) atoms. The third kappa shape index (κ3) is 10.7. The fourth-order valence-corrected chi connectivity index (χ4v) is 6.26. The molecule has 0 aliphatic heterocycles. The van der Waals surface area contributed by atoms with E-state index >= 15 is 0 Å². The third-order valence-electron chi connectivity index (χ3n) is 8.51. The number of carboxylic acid groups (broad SMARTS) is 1. The second kappa shape index (κ2) is 17.1. The maximum atomic E-state index is 11.7. The Morgan fingerprint density at radius 1 is 0.659 bits per heavy atom. The quantitative estimate of drug-likeness (QED) is 0.237. The van der Waals surface area contributed by atoms with Crippen LogP contribution in [0.1, 0.15) is 80.9 Å². The van der Waals surface area contributed by atoms with Gasteiger partial charge in [-0.1, -0.05) is 130 Å². The lowest BCUT2D eigenvalue weighted by Gasteiger charge is -2.34. The van der Waals surface area contributed by atoms with E-state index < -0.39 is 18.1 Å². The largest absolute Gasteiger partial charge is 0.479 e. The zero-order valence-corrected chi connectivity index (χ0v) is 24.4. The highest BCUT2D eigenvalue weighted by atomic mass is 16.4. The second-order valence-corrected chi connectivity index (χ2v) is 11.8. The van der Waals surface area contributed by atoms with Gasteiger partial charge in [-0.15, -0.1) is 0 Å². The molecule has 220 valence electrons. The molecule has 0 bridgehead atoms. The van der Waals surface area contributed by atoms with Crippen LogP contribution in [0, 0.1) is 0 Å². The Labute approximate surface area is 246 Å². The molecule has 0 saturated heterocycles. The summed E-state index contributed by atoms with van der Waals surface area (Å²) in [7, 11) is 0. The maximum absolute atomic E-state index is 11.7. The highest BCUT2D eigenvalue weighted by molar-refractivity contribution is 5.73. The number of nitrogens with one attached hydrogen (secondary N) is 1. The van der Waals surface area contributed by atoms with Crippen LogP contribution in [0.15, 0.2) is 91.0 Å². The van der Waals surface area contributed by atoms with E-state index in [4.69, 9.17) is 0 Å². The molecule has 0 radical (unpaired) electrons. The zero-order chi connectivity index (χ0) is 28.7. The molecule has 2 atom stereocenters. The lowest BCUT2D eigenvalue weighted by molar-refractivity contribution is -0.151. The van der Waals surface area contributed by atoms with Crippen molar-refractivity contribution in [1.82, 2.24) is 10.2 Å². The lowest BCUT2D eigenvalue weighted by Crippen LogP contribution is -2.47. The molecular formula is C36H48N2O3. The molecule has 2 aliphatic carbocycles. The van der Waals surface area contributed by atoms with Crippen molar-refractivity contribution in [1.29, 1.82) is 0 Å². The molecule has 5 heteroatoms. The number of nitrogens with zero attached hydrogens (tertiary/aromatic N) is 1. The van der Waals surface area contributed by atoms with E-state index in [1.807, 2.05) is 91.0 Å². The summed E-state index contributed by atoms with van der Waals surface area (Å²) in [6.45, 7) is 1.11. The van der Waals surface area contributed by atoms with Gasteiger partial charge in [-0.25, -0.2) is 4.79 Å². The third-order valence-corrected chi connectivity index (χ3v) is 8.51. The first-order valence-electron chi connectivity index (χ1n) is 15.6. The van der Waals surface area contributed by atoms with Gasteiger partial charge in [-0.3, -0.25) is 4.90 Å². The van der Waals surface area contributed by atoms with Crippen LogP contribution in [-0.4, -0.2) is 45.3 Å². The summed E-state index contributed by atoms with van der Waals surface area (Å²) in [6.07, 6.45) is 13.5. The topological polar surface area (TPSA) is 72.8 Å². The summed E-state index contributed by atoms with van der Waals surface area (Å²) in [5.74, 6) is -1.20. The first-order chi connectivity index (χ1) is 20.1. The van der Waals surface area contributed by atoms with Crippen molar-refractivity contribution in [2.45, 2.75) is 108 Å². The van der Waals surface area contributed by atoms with Gasteiger partial charge in [0.1, 0.15) is 0 Å². The molecule has 2 saturated carbocycles. The predicted molar refractivity (Wildman–Crippen MR) is 167 cm³/mol. The Bertz CT molecular complexity index is 1060. The summed E-state index contributed by atoms with van der Waals surface area (Å²) in [4.78, 5) is 13.7. The van der Waals surface area contributed by atoms with Gasteiger partial charge in [0.25, 0.3) is 0 Å². The van der Waals surface area contributed by atoms with Crippen LogP contribution in [0.25, 0.3) is 0 Å². The number of carboxylic acids is 1. The fraction of sp³-hybridized carbons (Fsp3) is 0.472. The molecule has 5 nitrogen and oxygen atoms in total. The van der Waals surface area contributed by atoms with Crippen LogP contribution >= 0.6 is 0 Å². The highest BCUT2D eigenvalue weighted by Crippen LogP contribution is 2.23. The Morgan fingerprint density at radius 3 is 1.44 bits per heavy atom. The van der Waals surface area contributed by atoms with Crippen LogP contribution < -0.4 is 5.32 Å². The molecule has 2 fully saturated rings. The van der Waals surface area contributed by atoms with Crippen LogP contribution in [0.5, 0.6) is 0 Å². The highest BCUT2D eigenvalue weighted by Gasteiger charge is 2.31. The Balaban J connectivity index is 0.000000247. The molecule has 0 heterocycles. The number of hydrogen-bond donors (Lipinski definition) is 3. The van der Waals surface area contributed by atoms with Crippen LogP contribution in [0.3, 0.4) is 0 Å². The Morgan fingerprint density at radius 2 is 1.05 bits per heavy atom. The van der Waals surface area contributed by atoms with Gasteiger partial charge in [0.2, 0.25) is 0 Å². The lowest BCUT2D eigenvalue weighted by atomic mass is 9.91. The molecule has 3 aromatic carbocycles. The second-order valence-electron chi connectivity index (χ2n) is 11.8. The summed E-state index contributed by atoms with van der Waals surface area (Å²) in [5, 5.41) is 23.9. The van der Waals surface area contributed by atoms with E-state index in [1.165, 1.54) is 64.2 Å².